The number of hydrogen-bond acceptors (Lipinski definition) is 4. The summed E-state index contributed by atoms with van der Waals surface area (Å²) >= 11 is 0. The van der Waals surface area contributed by atoms with Crippen LogP contribution < -0.4 is 5.32 Å². The van der Waals surface area contributed by atoms with Gasteiger partial charge in [0.05, 0.1) is 6.04 Å². The molecular weight excluding hydrogens is 274 g/mol. The molecule has 2 N–H and O–H groups in total. The molecule has 0 aliphatic rings. The fraction of sp³-hybridized carbons (Fsp3) is 0.733. The molecule has 0 radical (unpaired) electrons. The van der Waals surface area contributed by atoms with Crippen LogP contribution in [0.5, 0.6) is 0 Å². The number of amides is 1. The Morgan fingerprint density at radius 1 is 1.14 bits per heavy atom. The molecule has 0 bridgehead atoms. The lowest BCUT2D eigenvalue weighted by Crippen LogP contribution is -2.45. The SMILES string of the molecule is CCC(C)C(NC(C)=O)C(=O)CC(CCC(=O)O)C(C)=O. The van der Waals surface area contributed by atoms with E-state index in [9.17, 15) is 19.2 Å². The number of rotatable bonds is 10. The first-order valence-corrected chi connectivity index (χ1v) is 7.21. The van der Waals surface area contributed by atoms with E-state index in [0.717, 1.165) is 6.42 Å². The highest BCUT2D eigenvalue weighted by atomic mass is 16.4. The Morgan fingerprint density at radius 2 is 1.71 bits per heavy atom. The minimum Gasteiger partial charge on any atom is -0.481 e. The second-order valence-electron chi connectivity index (χ2n) is 5.47. The molecule has 0 aliphatic heterocycles. The number of carbonyl (C=O) groups is 4. The van der Waals surface area contributed by atoms with Crippen LogP contribution in [0.15, 0.2) is 0 Å². The highest BCUT2D eigenvalue weighted by Gasteiger charge is 2.28. The van der Waals surface area contributed by atoms with Crippen molar-refractivity contribution in [3.05, 3.63) is 0 Å². The first kappa shape index (κ1) is 19.3. The molecule has 0 saturated carbocycles. The lowest BCUT2D eigenvalue weighted by molar-refractivity contribution is -0.138. The van der Waals surface area contributed by atoms with Gasteiger partial charge in [0.15, 0.2) is 5.78 Å². The lowest BCUT2D eigenvalue weighted by Gasteiger charge is -2.24. The molecule has 0 fully saturated rings. The van der Waals surface area contributed by atoms with Crippen molar-refractivity contribution in [2.45, 2.75) is 59.4 Å². The van der Waals surface area contributed by atoms with Crippen LogP contribution in [0.3, 0.4) is 0 Å². The molecule has 0 aliphatic carbocycles. The van der Waals surface area contributed by atoms with E-state index in [2.05, 4.69) is 5.32 Å². The number of Topliss-reactive ketones (excluding diaryl/α,β-unsaturated/α-hetero) is 2. The van der Waals surface area contributed by atoms with Crippen LogP contribution in [0.2, 0.25) is 0 Å². The second-order valence-corrected chi connectivity index (χ2v) is 5.47. The van der Waals surface area contributed by atoms with Gasteiger partial charge in [-0.25, -0.2) is 0 Å². The third kappa shape index (κ3) is 7.58. The van der Waals surface area contributed by atoms with Crippen molar-refractivity contribution in [1.82, 2.24) is 5.32 Å². The highest BCUT2D eigenvalue weighted by Crippen LogP contribution is 2.18. The van der Waals surface area contributed by atoms with Crippen LogP contribution in [0.4, 0.5) is 0 Å². The van der Waals surface area contributed by atoms with Gasteiger partial charge < -0.3 is 10.4 Å². The summed E-state index contributed by atoms with van der Waals surface area (Å²) in [6, 6.07) is -0.626. The molecule has 1 amide bonds. The van der Waals surface area contributed by atoms with Gasteiger partial charge in [0, 0.05) is 25.7 Å². The van der Waals surface area contributed by atoms with E-state index >= 15 is 0 Å². The zero-order valence-electron chi connectivity index (χ0n) is 13.1. The molecule has 0 saturated heterocycles. The van der Waals surface area contributed by atoms with Crippen molar-refractivity contribution in [3.63, 3.8) is 0 Å². The van der Waals surface area contributed by atoms with Crippen LogP contribution in [-0.2, 0) is 19.2 Å². The van der Waals surface area contributed by atoms with Crippen LogP contribution in [0.1, 0.15) is 53.4 Å². The molecule has 6 heteroatoms. The van der Waals surface area contributed by atoms with Gasteiger partial charge in [-0.3, -0.25) is 19.2 Å². The summed E-state index contributed by atoms with van der Waals surface area (Å²) in [6.07, 6.45) is 0.684. The molecule has 120 valence electrons. The number of hydrogen-bond donors (Lipinski definition) is 2. The molecule has 21 heavy (non-hydrogen) atoms. The van der Waals surface area contributed by atoms with Crippen LogP contribution in [0.25, 0.3) is 0 Å². The minimum absolute atomic E-state index is 0.0299. The standard InChI is InChI=1S/C15H25NO5/c1-5-9(2)15(16-11(4)18)13(19)8-12(10(3)17)6-7-14(20)21/h9,12,15H,5-8H2,1-4H3,(H,16,18)(H,20,21). The Balaban J connectivity index is 4.85. The largest absolute Gasteiger partial charge is 0.481 e. The van der Waals surface area contributed by atoms with E-state index in [1.165, 1.54) is 13.8 Å². The summed E-state index contributed by atoms with van der Waals surface area (Å²) in [5.74, 6) is -2.34. The Labute approximate surface area is 125 Å². The third-order valence-electron chi connectivity index (χ3n) is 3.65. The molecule has 0 rings (SSSR count). The fourth-order valence-corrected chi connectivity index (χ4v) is 2.11. The average molecular weight is 299 g/mol. The molecule has 0 heterocycles. The van der Waals surface area contributed by atoms with E-state index in [0.29, 0.717) is 0 Å². The summed E-state index contributed by atoms with van der Waals surface area (Å²) in [5, 5.41) is 11.3. The first-order valence-electron chi connectivity index (χ1n) is 7.21. The Kier molecular flexibility index (Phi) is 8.50. The van der Waals surface area contributed by atoms with Gasteiger partial charge >= 0.3 is 5.97 Å². The number of carboxylic acid groups (broad SMARTS) is 1. The molecule has 3 atom stereocenters. The summed E-state index contributed by atoms with van der Waals surface area (Å²) in [5.41, 5.74) is 0. The van der Waals surface area contributed by atoms with Gasteiger partial charge in [-0.1, -0.05) is 20.3 Å². The fourth-order valence-electron chi connectivity index (χ4n) is 2.11. The summed E-state index contributed by atoms with van der Waals surface area (Å²) in [4.78, 5) is 45.7. The maximum absolute atomic E-state index is 12.3. The van der Waals surface area contributed by atoms with E-state index in [-0.39, 0.29) is 42.7 Å². The van der Waals surface area contributed by atoms with Crippen molar-refractivity contribution in [2.24, 2.45) is 11.8 Å². The third-order valence-corrected chi connectivity index (χ3v) is 3.65. The monoisotopic (exact) mass is 299 g/mol. The van der Waals surface area contributed by atoms with Crippen LogP contribution in [0, 0.1) is 11.8 Å². The molecule has 6 nitrogen and oxygen atoms in total. The normalized spacial score (nSPS) is 14.9. The molecular formula is C15H25NO5. The van der Waals surface area contributed by atoms with E-state index in [1.807, 2.05) is 13.8 Å². The van der Waals surface area contributed by atoms with Crippen molar-refractivity contribution in [2.75, 3.05) is 0 Å². The van der Waals surface area contributed by atoms with Crippen molar-refractivity contribution >= 4 is 23.4 Å². The Bertz CT molecular complexity index is 405. The zero-order chi connectivity index (χ0) is 16.6. The predicted octanol–water partition coefficient (Wildman–Crippen LogP) is 1.57. The van der Waals surface area contributed by atoms with Gasteiger partial charge in [-0.05, 0) is 19.3 Å². The quantitative estimate of drug-likeness (QED) is 0.637. The highest BCUT2D eigenvalue weighted by molar-refractivity contribution is 5.92. The van der Waals surface area contributed by atoms with Gasteiger partial charge in [-0.15, -0.1) is 0 Å². The molecule has 0 aromatic rings. The van der Waals surface area contributed by atoms with Crippen molar-refractivity contribution in [1.29, 1.82) is 0 Å². The number of nitrogens with one attached hydrogen (secondary N) is 1. The van der Waals surface area contributed by atoms with Gasteiger partial charge in [0.25, 0.3) is 0 Å². The van der Waals surface area contributed by atoms with E-state index in [4.69, 9.17) is 5.11 Å². The van der Waals surface area contributed by atoms with Gasteiger partial charge in [-0.2, -0.15) is 0 Å². The number of aliphatic carboxylic acids is 1. The van der Waals surface area contributed by atoms with E-state index < -0.39 is 17.9 Å². The Hall–Kier alpha value is -1.72. The Morgan fingerprint density at radius 3 is 2.10 bits per heavy atom. The molecule has 0 aromatic heterocycles. The van der Waals surface area contributed by atoms with Gasteiger partial charge in [0.1, 0.15) is 5.78 Å². The summed E-state index contributed by atoms with van der Waals surface area (Å²) in [6.45, 7) is 6.48. The summed E-state index contributed by atoms with van der Waals surface area (Å²) in [7, 11) is 0. The summed E-state index contributed by atoms with van der Waals surface area (Å²) < 4.78 is 0. The van der Waals surface area contributed by atoms with Gasteiger partial charge in [0.2, 0.25) is 5.91 Å². The van der Waals surface area contributed by atoms with E-state index in [1.54, 1.807) is 0 Å². The van der Waals surface area contributed by atoms with Crippen molar-refractivity contribution in [3.8, 4) is 0 Å². The number of carboxylic acids is 1. The van der Waals surface area contributed by atoms with Crippen molar-refractivity contribution < 1.29 is 24.3 Å². The zero-order valence-corrected chi connectivity index (χ0v) is 13.1. The topological polar surface area (TPSA) is 101 Å². The number of ketones is 2. The average Bonchev–Trinajstić information content (AvgIpc) is 2.38. The minimum atomic E-state index is -0.992. The maximum Gasteiger partial charge on any atom is 0.303 e. The number of carbonyl (C=O) groups excluding carboxylic acids is 3. The molecule has 0 aromatic carbocycles. The predicted molar refractivity (Wildman–Crippen MR) is 77.7 cm³/mol. The van der Waals surface area contributed by atoms with Crippen LogP contribution >= 0.6 is 0 Å². The smallest absolute Gasteiger partial charge is 0.303 e. The second kappa shape index (κ2) is 9.26. The van der Waals surface area contributed by atoms with Crippen LogP contribution in [-0.4, -0.2) is 34.6 Å². The first-order chi connectivity index (χ1) is 9.68. The molecule has 3 unspecified atom stereocenters. The maximum atomic E-state index is 12.3. The lowest BCUT2D eigenvalue weighted by atomic mass is 9.87. The molecule has 0 spiro atoms.